The second kappa shape index (κ2) is 4.09. The number of hydrogen-bond donors (Lipinski definition) is 1. The molecule has 0 saturated carbocycles. The summed E-state index contributed by atoms with van der Waals surface area (Å²) in [5.74, 6) is 0.410. The summed E-state index contributed by atoms with van der Waals surface area (Å²) in [6.45, 7) is 0.963. The van der Waals surface area contributed by atoms with Crippen molar-refractivity contribution in [1.82, 2.24) is 14.6 Å². The molecule has 19 heavy (non-hydrogen) atoms. The van der Waals surface area contributed by atoms with Crippen LogP contribution in [0.5, 0.6) is 0 Å². The van der Waals surface area contributed by atoms with Gasteiger partial charge in [-0.15, -0.1) is 5.10 Å². The lowest BCUT2D eigenvalue weighted by molar-refractivity contribution is -0.142. The fourth-order valence-electron chi connectivity index (χ4n) is 2.18. The van der Waals surface area contributed by atoms with Crippen molar-refractivity contribution in [3.63, 3.8) is 0 Å². The zero-order valence-corrected chi connectivity index (χ0v) is 9.80. The van der Waals surface area contributed by atoms with Crippen LogP contribution in [-0.4, -0.2) is 38.9 Å². The number of aliphatic hydroxyl groups is 1. The Morgan fingerprint density at radius 1 is 1.32 bits per heavy atom. The van der Waals surface area contributed by atoms with Crippen molar-refractivity contribution in [3.8, 4) is 0 Å². The van der Waals surface area contributed by atoms with E-state index in [1.807, 2.05) is 0 Å². The predicted octanol–water partition coefficient (Wildman–Crippen LogP) is 1.32. The number of fused-ring (bicyclic) bond motifs is 1. The molecule has 1 saturated heterocycles. The van der Waals surface area contributed by atoms with E-state index in [9.17, 15) is 18.3 Å². The van der Waals surface area contributed by atoms with E-state index >= 15 is 0 Å². The quantitative estimate of drug-likeness (QED) is 0.850. The third-order valence-corrected chi connectivity index (χ3v) is 3.13. The van der Waals surface area contributed by atoms with Crippen LogP contribution in [-0.2, 0) is 6.18 Å². The van der Waals surface area contributed by atoms with E-state index in [0.29, 0.717) is 25.3 Å². The maximum Gasteiger partial charge on any atom is 0.435 e. The number of anilines is 1. The Labute approximate surface area is 106 Å². The van der Waals surface area contributed by atoms with E-state index < -0.39 is 18.0 Å². The maximum atomic E-state index is 12.8. The Morgan fingerprint density at radius 2 is 2.11 bits per heavy atom. The maximum absolute atomic E-state index is 12.8. The summed E-state index contributed by atoms with van der Waals surface area (Å²) in [5, 5.41) is 13.4. The van der Waals surface area contributed by atoms with E-state index in [4.69, 9.17) is 0 Å². The molecule has 0 amide bonds. The van der Waals surface area contributed by atoms with Crippen LogP contribution in [0.2, 0.25) is 0 Å². The van der Waals surface area contributed by atoms with Crippen molar-refractivity contribution in [1.29, 1.82) is 0 Å². The molecule has 1 atom stereocenters. The Hall–Kier alpha value is -1.83. The van der Waals surface area contributed by atoms with E-state index in [1.54, 1.807) is 11.0 Å². The van der Waals surface area contributed by atoms with Crippen molar-refractivity contribution in [3.05, 3.63) is 24.0 Å². The van der Waals surface area contributed by atoms with Crippen LogP contribution < -0.4 is 4.90 Å². The van der Waals surface area contributed by atoms with E-state index in [-0.39, 0.29) is 5.65 Å². The summed E-state index contributed by atoms with van der Waals surface area (Å²) in [7, 11) is 0. The Kier molecular flexibility index (Phi) is 2.63. The van der Waals surface area contributed by atoms with Gasteiger partial charge in [0.05, 0.1) is 12.3 Å². The highest BCUT2D eigenvalue weighted by Crippen LogP contribution is 2.30. The molecule has 0 spiro atoms. The molecule has 102 valence electrons. The van der Waals surface area contributed by atoms with Gasteiger partial charge in [-0.1, -0.05) is 0 Å². The standard InChI is InChI=1S/C11H11F3N4O/c12-11(13,14)8-5-15-9-1-2-10(16-18(8)9)17-4-3-7(19)6-17/h1-2,5,7,19H,3-4,6H2. The second-order valence-corrected chi connectivity index (χ2v) is 4.49. The lowest BCUT2D eigenvalue weighted by atomic mass is 10.3. The van der Waals surface area contributed by atoms with Crippen LogP contribution >= 0.6 is 0 Å². The summed E-state index contributed by atoms with van der Waals surface area (Å²) >= 11 is 0. The van der Waals surface area contributed by atoms with E-state index in [1.165, 1.54) is 6.07 Å². The monoisotopic (exact) mass is 272 g/mol. The summed E-state index contributed by atoms with van der Waals surface area (Å²) in [6, 6.07) is 3.10. The van der Waals surface area contributed by atoms with Gasteiger partial charge in [0.2, 0.25) is 0 Å². The smallest absolute Gasteiger partial charge is 0.391 e. The number of aromatic nitrogens is 3. The molecular weight excluding hydrogens is 261 g/mol. The number of β-amino-alcohol motifs (C(OH)–C–C–N with tert-alkyl or cyclic N) is 1. The molecule has 8 heteroatoms. The molecule has 0 aromatic carbocycles. The van der Waals surface area contributed by atoms with Crippen molar-refractivity contribution < 1.29 is 18.3 Å². The third kappa shape index (κ3) is 2.12. The molecule has 1 N–H and O–H groups in total. The van der Waals surface area contributed by atoms with Crippen molar-refractivity contribution in [2.75, 3.05) is 18.0 Å². The number of nitrogens with zero attached hydrogens (tertiary/aromatic N) is 4. The fraction of sp³-hybridized carbons (Fsp3) is 0.455. The number of rotatable bonds is 1. The fourth-order valence-corrected chi connectivity index (χ4v) is 2.18. The van der Waals surface area contributed by atoms with Crippen molar-refractivity contribution in [2.24, 2.45) is 0 Å². The molecule has 2 aromatic heterocycles. The first-order valence-corrected chi connectivity index (χ1v) is 5.80. The number of aliphatic hydroxyl groups excluding tert-OH is 1. The zero-order chi connectivity index (χ0) is 13.6. The molecule has 0 radical (unpaired) electrons. The molecule has 1 unspecified atom stereocenters. The van der Waals surface area contributed by atoms with Gasteiger partial charge in [-0.05, 0) is 18.6 Å². The first-order valence-electron chi connectivity index (χ1n) is 5.80. The third-order valence-electron chi connectivity index (χ3n) is 3.13. The summed E-state index contributed by atoms with van der Waals surface area (Å²) in [4.78, 5) is 5.43. The molecule has 1 aliphatic heterocycles. The molecule has 3 rings (SSSR count). The lowest BCUT2D eigenvalue weighted by Gasteiger charge is -2.16. The Balaban J connectivity index is 2.04. The minimum atomic E-state index is -4.49. The second-order valence-electron chi connectivity index (χ2n) is 4.49. The van der Waals surface area contributed by atoms with Gasteiger partial charge in [0.15, 0.2) is 11.3 Å². The first-order chi connectivity index (χ1) is 8.95. The summed E-state index contributed by atoms with van der Waals surface area (Å²) in [6.07, 6.45) is -3.58. The van der Waals surface area contributed by atoms with Gasteiger partial charge in [-0.3, -0.25) is 0 Å². The summed E-state index contributed by atoms with van der Waals surface area (Å²) < 4.78 is 39.1. The Morgan fingerprint density at radius 3 is 2.74 bits per heavy atom. The van der Waals surface area contributed by atoms with Gasteiger partial charge in [0.1, 0.15) is 5.82 Å². The number of hydrogen-bond acceptors (Lipinski definition) is 4. The molecule has 5 nitrogen and oxygen atoms in total. The first kappa shape index (κ1) is 12.2. The number of imidazole rings is 1. The SMILES string of the molecule is OC1CCN(c2ccc3ncc(C(F)(F)F)n3n2)C1. The zero-order valence-electron chi connectivity index (χ0n) is 9.80. The predicted molar refractivity (Wildman–Crippen MR) is 60.8 cm³/mol. The van der Waals surface area contributed by atoms with Crippen LogP contribution in [0.3, 0.4) is 0 Å². The largest absolute Gasteiger partial charge is 0.435 e. The van der Waals surface area contributed by atoms with Crippen molar-refractivity contribution in [2.45, 2.75) is 18.7 Å². The van der Waals surface area contributed by atoms with Gasteiger partial charge < -0.3 is 10.0 Å². The molecule has 3 heterocycles. The highest BCUT2D eigenvalue weighted by atomic mass is 19.4. The van der Waals surface area contributed by atoms with Crippen LogP contribution in [0.15, 0.2) is 18.3 Å². The van der Waals surface area contributed by atoms with Gasteiger partial charge in [0.25, 0.3) is 0 Å². The molecular formula is C11H11F3N4O. The number of halogens is 3. The minimum absolute atomic E-state index is 0.149. The minimum Gasteiger partial charge on any atom is -0.391 e. The van der Waals surface area contributed by atoms with Crippen LogP contribution in [0.1, 0.15) is 12.1 Å². The lowest BCUT2D eigenvalue weighted by Crippen LogP contribution is -2.23. The summed E-state index contributed by atoms with van der Waals surface area (Å²) in [5.41, 5.74) is -0.750. The highest BCUT2D eigenvalue weighted by molar-refractivity contribution is 5.47. The van der Waals surface area contributed by atoms with Crippen molar-refractivity contribution >= 4 is 11.5 Å². The van der Waals surface area contributed by atoms with Gasteiger partial charge >= 0.3 is 6.18 Å². The number of alkyl halides is 3. The molecule has 0 aliphatic carbocycles. The normalized spacial score (nSPS) is 20.4. The Bertz CT molecular complexity index is 609. The highest BCUT2D eigenvalue weighted by Gasteiger charge is 2.35. The molecule has 1 fully saturated rings. The van der Waals surface area contributed by atoms with Gasteiger partial charge in [-0.25, -0.2) is 9.50 Å². The average Bonchev–Trinajstić information content (AvgIpc) is 2.92. The van der Waals surface area contributed by atoms with E-state index in [0.717, 1.165) is 10.7 Å². The molecule has 1 aliphatic rings. The molecule has 0 bridgehead atoms. The van der Waals surface area contributed by atoms with E-state index in [2.05, 4.69) is 10.1 Å². The van der Waals surface area contributed by atoms with Crippen LogP contribution in [0.25, 0.3) is 5.65 Å². The van der Waals surface area contributed by atoms with Gasteiger partial charge in [0, 0.05) is 13.1 Å². The van der Waals surface area contributed by atoms with Crippen LogP contribution in [0, 0.1) is 0 Å². The van der Waals surface area contributed by atoms with Crippen LogP contribution in [0.4, 0.5) is 19.0 Å². The average molecular weight is 272 g/mol. The van der Waals surface area contributed by atoms with Gasteiger partial charge in [-0.2, -0.15) is 13.2 Å². The topological polar surface area (TPSA) is 53.7 Å². The molecule has 2 aromatic rings.